The van der Waals surface area contributed by atoms with Gasteiger partial charge >= 0.3 is 0 Å². The number of carbonyl (C=O) groups is 1. The minimum atomic E-state index is 0.154. The van der Waals surface area contributed by atoms with Crippen LogP contribution < -0.4 is 4.90 Å². The van der Waals surface area contributed by atoms with Gasteiger partial charge in [0.15, 0.2) is 0 Å². The summed E-state index contributed by atoms with van der Waals surface area (Å²) in [5, 5.41) is 0. The number of hydrogen-bond acceptors (Lipinski definition) is 5. The Morgan fingerprint density at radius 1 is 1.07 bits per heavy atom. The molecule has 0 bridgehead atoms. The third kappa shape index (κ3) is 4.39. The number of hydrogen-bond donors (Lipinski definition) is 0. The fourth-order valence-electron chi connectivity index (χ4n) is 3.64. The van der Waals surface area contributed by atoms with Crippen LogP contribution in [-0.4, -0.2) is 53.7 Å². The number of anilines is 1. The third-order valence-corrected chi connectivity index (χ3v) is 7.48. The molecule has 0 spiro atoms. The lowest BCUT2D eigenvalue weighted by Crippen LogP contribution is -2.49. The summed E-state index contributed by atoms with van der Waals surface area (Å²) < 4.78 is 1.15. The largest absolute Gasteiger partial charge is 0.368 e. The van der Waals surface area contributed by atoms with Gasteiger partial charge in [0, 0.05) is 48.9 Å². The molecule has 146 valence electrons. The second kappa shape index (κ2) is 9.05. The Morgan fingerprint density at radius 2 is 1.82 bits per heavy atom. The summed E-state index contributed by atoms with van der Waals surface area (Å²) in [5.74, 6) is 2.03. The first kappa shape index (κ1) is 19.4. The Hall–Kier alpha value is -1.92. The average Bonchev–Trinajstić information content (AvgIpc) is 3.26. The number of para-hydroxylation sites is 1. The van der Waals surface area contributed by atoms with Gasteiger partial charge < -0.3 is 9.80 Å². The molecule has 4 rings (SSSR count). The van der Waals surface area contributed by atoms with Gasteiger partial charge in [-0.1, -0.05) is 59.9 Å². The van der Waals surface area contributed by atoms with Crippen molar-refractivity contribution in [2.24, 2.45) is 4.99 Å². The highest BCUT2D eigenvalue weighted by atomic mass is 32.2. The summed E-state index contributed by atoms with van der Waals surface area (Å²) in [6, 6.07) is 16.5. The summed E-state index contributed by atoms with van der Waals surface area (Å²) in [4.78, 5) is 22.1. The molecule has 1 saturated heterocycles. The lowest BCUT2D eigenvalue weighted by Gasteiger charge is -2.37. The minimum absolute atomic E-state index is 0.154. The zero-order valence-electron chi connectivity index (χ0n) is 16.1. The number of carbonyl (C=O) groups excluding carboxylic acids is 1. The average molecular weight is 412 g/mol. The molecule has 0 atom stereocenters. The van der Waals surface area contributed by atoms with Crippen molar-refractivity contribution in [1.82, 2.24) is 4.90 Å². The summed E-state index contributed by atoms with van der Waals surface area (Å²) in [6.07, 6.45) is 0. The van der Waals surface area contributed by atoms with Crippen LogP contribution >= 0.6 is 23.5 Å². The predicted molar refractivity (Wildman–Crippen MR) is 122 cm³/mol. The maximum Gasteiger partial charge on any atom is 0.254 e. The van der Waals surface area contributed by atoms with Crippen molar-refractivity contribution in [3.63, 3.8) is 0 Å². The van der Waals surface area contributed by atoms with E-state index in [2.05, 4.69) is 47.1 Å². The van der Waals surface area contributed by atoms with E-state index in [0.29, 0.717) is 0 Å². The monoisotopic (exact) mass is 411 g/mol. The normalized spacial score (nSPS) is 17.0. The lowest BCUT2D eigenvalue weighted by atomic mass is 10.1. The molecule has 2 aliphatic heterocycles. The SMILES string of the molecule is Cc1ccccc1N1CCN(C(=O)c2ccccc2CSC2=NCCS2)CC1. The fraction of sp³-hybridized carbons (Fsp3) is 0.364. The molecular weight excluding hydrogens is 386 g/mol. The van der Waals surface area contributed by atoms with Crippen LogP contribution in [0.2, 0.25) is 0 Å². The molecule has 1 amide bonds. The first-order chi connectivity index (χ1) is 13.7. The molecule has 4 nitrogen and oxygen atoms in total. The Bertz CT molecular complexity index is 876. The molecule has 0 aliphatic carbocycles. The Labute approximate surface area is 175 Å². The molecule has 2 heterocycles. The molecule has 0 saturated carbocycles. The molecule has 0 radical (unpaired) electrons. The van der Waals surface area contributed by atoms with E-state index in [1.807, 2.05) is 34.9 Å². The number of amides is 1. The van der Waals surface area contributed by atoms with Crippen LogP contribution in [0.4, 0.5) is 5.69 Å². The van der Waals surface area contributed by atoms with Gasteiger partial charge in [-0.2, -0.15) is 0 Å². The maximum atomic E-state index is 13.2. The zero-order chi connectivity index (χ0) is 19.3. The quantitative estimate of drug-likeness (QED) is 0.752. The first-order valence-electron chi connectivity index (χ1n) is 9.70. The second-order valence-corrected chi connectivity index (χ2v) is 9.31. The summed E-state index contributed by atoms with van der Waals surface area (Å²) >= 11 is 3.56. The first-order valence-corrected chi connectivity index (χ1v) is 11.7. The minimum Gasteiger partial charge on any atom is -0.368 e. The van der Waals surface area contributed by atoms with Crippen LogP contribution in [0.25, 0.3) is 0 Å². The van der Waals surface area contributed by atoms with Crippen LogP contribution in [0.5, 0.6) is 0 Å². The number of thioether (sulfide) groups is 2. The highest BCUT2D eigenvalue weighted by Crippen LogP contribution is 2.27. The molecule has 0 N–H and O–H groups in total. The van der Waals surface area contributed by atoms with E-state index < -0.39 is 0 Å². The summed E-state index contributed by atoms with van der Waals surface area (Å²) in [5.41, 5.74) is 4.51. The number of nitrogens with zero attached hydrogens (tertiary/aromatic N) is 3. The topological polar surface area (TPSA) is 35.9 Å². The number of aryl methyl sites for hydroxylation is 1. The van der Waals surface area contributed by atoms with Gasteiger partial charge in [0.1, 0.15) is 4.38 Å². The van der Waals surface area contributed by atoms with E-state index in [1.165, 1.54) is 11.3 Å². The van der Waals surface area contributed by atoms with Crippen molar-refractivity contribution in [3.05, 3.63) is 65.2 Å². The highest BCUT2D eigenvalue weighted by molar-refractivity contribution is 8.38. The van der Waals surface area contributed by atoms with Gasteiger partial charge in [0.2, 0.25) is 0 Å². The van der Waals surface area contributed by atoms with E-state index in [-0.39, 0.29) is 5.91 Å². The lowest BCUT2D eigenvalue weighted by molar-refractivity contribution is 0.0746. The Balaban J connectivity index is 1.41. The fourth-order valence-corrected chi connectivity index (χ4v) is 5.65. The number of rotatable bonds is 4. The predicted octanol–water partition coefficient (Wildman–Crippen LogP) is 4.29. The zero-order valence-corrected chi connectivity index (χ0v) is 17.8. The van der Waals surface area contributed by atoms with Crippen molar-refractivity contribution < 1.29 is 4.79 Å². The van der Waals surface area contributed by atoms with Crippen molar-refractivity contribution >= 4 is 39.5 Å². The molecule has 0 aromatic heterocycles. The smallest absolute Gasteiger partial charge is 0.254 e. The molecule has 2 aromatic carbocycles. The third-order valence-electron chi connectivity index (χ3n) is 5.18. The van der Waals surface area contributed by atoms with Crippen molar-refractivity contribution in [1.29, 1.82) is 0 Å². The van der Waals surface area contributed by atoms with Crippen LogP contribution in [0.1, 0.15) is 21.5 Å². The van der Waals surface area contributed by atoms with Gasteiger partial charge in [-0.05, 0) is 30.2 Å². The molecule has 6 heteroatoms. The van der Waals surface area contributed by atoms with Gasteiger partial charge in [-0.3, -0.25) is 9.79 Å². The second-order valence-electron chi connectivity index (χ2n) is 7.01. The van der Waals surface area contributed by atoms with E-state index in [1.54, 1.807) is 11.8 Å². The van der Waals surface area contributed by atoms with E-state index in [4.69, 9.17) is 0 Å². The molecule has 28 heavy (non-hydrogen) atoms. The highest BCUT2D eigenvalue weighted by Gasteiger charge is 2.24. The maximum absolute atomic E-state index is 13.2. The van der Waals surface area contributed by atoms with Crippen LogP contribution in [0.15, 0.2) is 53.5 Å². The Kier molecular flexibility index (Phi) is 6.27. The molecule has 1 fully saturated rings. The molecule has 2 aliphatic rings. The van der Waals surface area contributed by atoms with E-state index >= 15 is 0 Å². The van der Waals surface area contributed by atoms with Gasteiger partial charge in [-0.25, -0.2) is 0 Å². The van der Waals surface area contributed by atoms with Crippen LogP contribution in [0, 0.1) is 6.92 Å². The Morgan fingerprint density at radius 3 is 2.57 bits per heavy atom. The number of benzene rings is 2. The van der Waals surface area contributed by atoms with E-state index in [0.717, 1.165) is 59.7 Å². The number of aliphatic imine (C=N–C) groups is 1. The molecule has 0 unspecified atom stereocenters. The summed E-state index contributed by atoms with van der Waals surface area (Å²) in [7, 11) is 0. The van der Waals surface area contributed by atoms with E-state index in [9.17, 15) is 4.79 Å². The van der Waals surface area contributed by atoms with Gasteiger partial charge in [0.05, 0.1) is 6.54 Å². The number of piperazine rings is 1. The van der Waals surface area contributed by atoms with Crippen molar-refractivity contribution in [2.75, 3.05) is 43.4 Å². The van der Waals surface area contributed by atoms with Crippen molar-refractivity contribution in [2.45, 2.75) is 12.7 Å². The van der Waals surface area contributed by atoms with Gasteiger partial charge in [-0.15, -0.1) is 0 Å². The molecule has 2 aromatic rings. The molecular formula is C22H25N3OS2. The standard InChI is InChI=1S/C22H25N3OS2/c1-17-6-2-5-9-20(17)24-11-13-25(14-12-24)21(26)19-8-4-3-7-18(19)16-28-22-23-10-15-27-22/h2-9H,10-16H2,1H3. The van der Waals surface area contributed by atoms with Crippen LogP contribution in [-0.2, 0) is 5.75 Å². The summed E-state index contributed by atoms with van der Waals surface area (Å²) in [6.45, 7) is 6.34. The van der Waals surface area contributed by atoms with Crippen LogP contribution in [0.3, 0.4) is 0 Å². The van der Waals surface area contributed by atoms with Gasteiger partial charge in [0.25, 0.3) is 5.91 Å². The van der Waals surface area contributed by atoms with Crippen molar-refractivity contribution in [3.8, 4) is 0 Å².